The highest BCUT2D eigenvalue weighted by atomic mass is 19.1. The monoisotopic (exact) mass is 357 g/mol. The van der Waals surface area contributed by atoms with E-state index in [-0.39, 0.29) is 5.56 Å². The second-order valence-electron chi connectivity index (χ2n) is 5.71. The van der Waals surface area contributed by atoms with Crippen LogP contribution in [0.15, 0.2) is 66.4 Å². The zero-order chi connectivity index (χ0) is 19.4. The number of rotatable bonds is 2. The van der Waals surface area contributed by atoms with Crippen LogP contribution in [0.5, 0.6) is 0 Å². The second-order valence-corrected chi connectivity index (χ2v) is 5.71. The third-order valence-corrected chi connectivity index (χ3v) is 4.14. The Bertz CT molecular complexity index is 857. The first-order valence-corrected chi connectivity index (χ1v) is 8.46. The van der Waals surface area contributed by atoms with E-state index in [1.807, 2.05) is 57.2 Å². The zero-order valence-electron chi connectivity index (χ0n) is 15.4. The lowest BCUT2D eigenvalue weighted by atomic mass is 9.92. The van der Waals surface area contributed by atoms with Crippen LogP contribution in [0, 0.1) is 17.5 Å². The Morgan fingerprint density at radius 3 is 2.00 bits per heavy atom. The van der Waals surface area contributed by atoms with Gasteiger partial charge in [0, 0.05) is 30.5 Å². The van der Waals surface area contributed by atoms with Crippen molar-refractivity contribution in [3.8, 4) is 0 Å². The molecular weight excluding hydrogens is 335 g/mol. The zero-order valence-corrected chi connectivity index (χ0v) is 15.4. The number of likely N-dealkylation sites (N-methyl/N-ethyl adjacent to an activating group) is 1. The fraction of sp³-hybridized carbons (Fsp3) is 0.182. The molecule has 3 rings (SSSR count). The van der Waals surface area contributed by atoms with Gasteiger partial charge in [-0.3, -0.25) is 0 Å². The van der Waals surface area contributed by atoms with Crippen molar-refractivity contribution in [3.05, 3.63) is 95.0 Å². The average molecular weight is 357 g/mol. The van der Waals surface area contributed by atoms with Crippen LogP contribution in [0.1, 0.15) is 31.9 Å². The van der Waals surface area contributed by atoms with Crippen molar-refractivity contribution in [1.82, 2.24) is 4.90 Å². The molecule has 0 bridgehead atoms. The van der Waals surface area contributed by atoms with Gasteiger partial charge >= 0.3 is 0 Å². The average Bonchev–Trinajstić information content (AvgIpc) is 2.63. The fourth-order valence-corrected chi connectivity index (χ4v) is 2.86. The van der Waals surface area contributed by atoms with Gasteiger partial charge in [-0.05, 0) is 24.1 Å². The normalized spacial score (nSPS) is 14.0. The highest BCUT2D eigenvalue weighted by Gasteiger charge is 2.27. The van der Waals surface area contributed by atoms with Crippen LogP contribution in [-0.4, -0.2) is 11.9 Å². The van der Waals surface area contributed by atoms with E-state index >= 15 is 0 Å². The molecule has 0 spiro atoms. The molecule has 0 atom stereocenters. The molecule has 0 unspecified atom stereocenters. The van der Waals surface area contributed by atoms with Crippen molar-refractivity contribution in [3.63, 3.8) is 0 Å². The molecule has 2 aromatic rings. The van der Waals surface area contributed by atoms with Crippen molar-refractivity contribution in [2.45, 2.75) is 20.8 Å². The molecule has 0 amide bonds. The molecule has 0 aliphatic carbocycles. The largest absolute Gasteiger partial charge is 0.344 e. The van der Waals surface area contributed by atoms with E-state index in [0.29, 0.717) is 29.1 Å². The molecule has 2 aromatic carbocycles. The molecule has 26 heavy (non-hydrogen) atoms. The van der Waals surface area contributed by atoms with Crippen LogP contribution < -0.4 is 0 Å². The number of benzene rings is 2. The van der Waals surface area contributed by atoms with Crippen LogP contribution in [0.4, 0.5) is 13.2 Å². The Hall–Kier alpha value is -2.75. The number of hydrogen-bond donors (Lipinski definition) is 0. The van der Waals surface area contributed by atoms with E-state index in [1.54, 1.807) is 11.9 Å². The van der Waals surface area contributed by atoms with Gasteiger partial charge in [0.1, 0.15) is 17.5 Å². The lowest BCUT2D eigenvalue weighted by Crippen LogP contribution is -2.22. The van der Waals surface area contributed by atoms with Gasteiger partial charge in [0.15, 0.2) is 0 Å². The van der Waals surface area contributed by atoms with Gasteiger partial charge in [0.05, 0.1) is 11.3 Å². The van der Waals surface area contributed by atoms with Gasteiger partial charge in [-0.15, -0.1) is 0 Å². The Labute approximate surface area is 152 Å². The van der Waals surface area contributed by atoms with E-state index in [2.05, 4.69) is 6.58 Å². The summed E-state index contributed by atoms with van der Waals surface area (Å²) < 4.78 is 42.1. The molecule has 1 aliphatic heterocycles. The molecule has 0 N–H and O–H groups in total. The van der Waals surface area contributed by atoms with Crippen LogP contribution in [0.2, 0.25) is 0 Å². The predicted molar refractivity (Wildman–Crippen MR) is 102 cm³/mol. The number of nitrogens with zero attached hydrogens (tertiary/aromatic N) is 1. The van der Waals surface area contributed by atoms with E-state index in [4.69, 9.17) is 0 Å². The summed E-state index contributed by atoms with van der Waals surface area (Å²) in [5, 5.41) is 0. The predicted octanol–water partition coefficient (Wildman–Crippen LogP) is 6.40. The SMILES string of the molecule is C=C1C(C)=CC(c2ccccc2)=C(c2c(F)cc(F)cc2F)N1C.CC. The highest BCUT2D eigenvalue weighted by Crippen LogP contribution is 2.39. The maximum atomic E-state index is 14.4. The molecule has 1 nitrogen and oxygen atoms in total. The lowest BCUT2D eigenvalue weighted by Gasteiger charge is -2.32. The third-order valence-electron chi connectivity index (χ3n) is 4.14. The maximum Gasteiger partial charge on any atom is 0.138 e. The standard InChI is InChI=1S/C20H16F3N.C2H6/c1-12-9-16(14-7-5-4-6-8-14)20(24(3)13(12)2)19-17(22)10-15(21)11-18(19)23;1-2/h4-11H,2H2,1,3H3;1-2H3. The number of halogens is 3. The number of allylic oxidation sites excluding steroid dienone is 3. The molecule has 4 heteroatoms. The molecule has 0 radical (unpaired) electrons. The van der Waals surface area contributed by atoms with Crippen LogP contribution in [0.25, 0.3) is 11.3 Å². The Morgan fingerprint density at radius 2 is 1.46 bits per heavy atom. The van der Waals surface area contributed by atoms with Gasteiger partial charge in [0.25, 0.3) is 0 Å². The Kier molecular flexibility index (Phi) is 6.09. The molecule has 1 heterocycles. The van der Waals surface area contributed by atoms with Gasteiger partial charge < -0.3 is 4.90 Å². The van der Waals surface area contributed by atoms with E-state index in [1.165, 1.54) is 0 Å². The summed E-state index contributed by atoms with van der Waals surface area (Å²) in [6.45, 7) is 9.85. The molecule has 0 aromatic heterocycles. The van der Waals surface area contributed by atoms with Crippen molar-refractivity contribution in [1.29, 1.82) is 0 Å². The summed E-state index contributed by atoms with van der Waals surface area (Å²) in [5.41, 5.74) is 3.06. The molecule has 136 valence electrons. The fourth-order valence-electron chi connectivity index (χ4n) is 2.86. The summed E-state index contributed by atoms with van der Waals surface area (Å²) in [6, 6.07) is 10.7. The highest BCUT2D eigenvalue weighted by molar-refractivity contribution is 5.97. The molecule has 0 fully saturated rings. The summed E-state index contributed by atoms with van der Waals surface area (Å²) in [6.07, 6.45) is 1.84. The van der Waals surface area contributed by atoms with Gasteiger partial charge in [-0.2, -0.15) is 0 Å². The van der Waals surface area contributed by atoms with Crippen molar-refractivity contribution in [2.75, 3.05) is 7.05 Å². The van der Waals surface area contributed by atoms with Crippen molar-refractivity contribution >= 4 is 11.3 Å². The first-order valence-electron chi connectivity index (χ1n) is 8.46. The number of hydrogen-bond acceptors (Lipinski definition) is 1. The smallest absolute Gasteiger partial charge is 0.138 e. The topological polar surface area (TPSA) is 3.24 Å². The summed E-state index contributed by atoms with van der Waals surface area (Å²) >= 11 is 0. The first-order chi connectivity index (χ1) is 12.4. The van der Waals surface area contributed by atoms with Crippen molar-refractivity contribution in [2.24, 2.45) is 0 Å². The molecule has 0 saturated heterocycles. The maximum absolute atomic E-state index is 14.4. The quantitative estimate of drug-likeness (QED) is 0.601. The minimum absolute atomic E-state index is 0.261. The third kappa shape index (κ3) is 3.59. The Morgan fingerprint density at radius 1 is 0.923 bits per heavy atom. The van der Waals surface area contributed by atoms with Crippen LogP contribution in [-0.2, 0) is 0 Å². The van der Waals surface area contributed by atoms with Crippen molar-refractivity contribution < 1.29 is 13.2 Å². The second kappa shape index (κ2) is 8.09. The lowest BCUT2D eigenvalue weighted by molar-refractivity contribution is 0.523. The minimum Gasteiger partial charge on any atom is -0.344 e. The van der Waals surface area contributed by atoms with E-state index < -0.39 is 17.5 Å². The summed E-state index contributed by atoms with van der Waals surface area (Å²) in [5.74, 6) is -2.83. The van der Waals surface area contributed by atoms with E-state index in [9.17, 15) is 13.2 Å². The van der Waals surface area contributed by atoms with Crippen LogP contribution >= 0.6 is 0 Å². The molecule has 1 aliphatic rings. The summed E-state index contributed by atoms with van der Waals surface area (Å²) in [7, 11) is 1.69. The minimum atomic E-state index is -0.945. The Balaban J connectivity index is 0.00000117. The first kappa shape index (κ1) is 19.6. The van der Waals surface area contributed by atoms with Gasteiger partial charge in [-0.1, -0.05) is 50.8 Å². The summed E-state index contributed by atoms with van der Waals surface area (Å²) in [4.78, 5) is 1.64. The van der Waals surface area contributed by atoms with Crippen LogP contribution in [0.3, 0.4) is 0 Å². The van der Waals surface area contributed by atoms with E-state index in [0.717, 1.165) is 11.1 Å². The molecule has 0 saturated carbocycles. The molecular formula is C22H22F3N. The van der Waals surface area contributed by atoms with Gasteiger partial charge in [0.2, 0.25) is 0 Å². The van der Waals surface area contributed by atoms with Gasteiger partial charge in [-0.25, -0.2) is 13.2 Å².